The second-order valence-electron chi connectivity index (χ2n) is 4.52. The maximum Gasteiger partial charge on any atom is 0.226 e. The molecule has 1 aromatic heterocycles. The third-order valence-electron chi connectivity index (χ3n) is 3.25. The highest BCUT2D eigenvalue weighted by molar-refractivity contribution is 5.93. The topological polar surface area (TPSA) is 88.1 Å². The van der Waals surface area contributed by atoms with Gasteiger partial charge in [-0.15, -0.1) is 0 Å². The molecule has 0 spiro atoms. The van der Waals surface area contributed by atoms with Gasteiger partial charge in [-0.1, -0.05) is 0 Å². The lowest BCUT2D eigenvalue weighted by Crippen LogP contribution is -2.43. The molecule has 90 valence electrons. The van der Waals surface area contributed by atoms with Crippen molar-refractivity contribution in [2.45, 2.75) is 25.0 Å². The minimum Gasteiger partial charge on any atom is -0.382 e. The number of hydrogen-bond donors (Lipinski definition) is 2. The minimum atomic E-state index is -0.0233. The molecule has 2 atom stereocenters. The first-order valence-corrected chi connectivity index (χ1v) is 5.80. The molecule has 3 N–H and O–H groups in total. The predicted octanol–water partition coefficient (Wildman–Crippen LogP) is 0.128. The van der Waals surface area contributed by atoms with Crippen molar-refractivity contribution in [1.82, 2.24) is 9.97 Å². The van der Waals surface area contributed by atoms with E-state index in [4.69, 9.17) is 15.9 Å². The Labute approximate surface area is 99.3 Å². The van der Waals surface area contributed by atoms with Crippen molar-refractivity contribution in [2.75, 3.05) is 18.0 Å². The van der Waals surface area contributed by atoms with Crippen LogP contribution in [0.15, 0.2) is 12.3 Å². The van der Waals surface area contributed by atoms with Gasteiger partial charge >= 0.3 is 0 Å². The summed E-state index contributed by atoms with van der Waals surface area (Å²) in [7, 11) is 0. The fourth-order valence-electron chi connectivity index (χ4n) is 2.43. The van der Waals surface area contributed by atoms with Gasteiger partial charge in [0.2, 0.25) is 5.95 Å². The number of fused-ring (bicyclic) bond motifs is 2. The van der Waals surface area contributed by atoms with E-state index in [0.717, 1.165) is 25.9 Å². The molecule has 6 nitrogen and oxygen atoms in total. The Morgan fingerprint density at radius 3 is 2.76 bits per heavy atom. The molecular weight excluding hydrogens is 218 g/mol. The normalized spacial score (nSPS) is 27.2. The van der Waals surface area contributed by atoms with Crippen LogP contribution in [0.4, 0.5) is 5.95 Å². The first-order valence-electron chi connectivity index (χ1n) is 5.80. The van der Waals surface area contributed by atoms with Crippen molar-refractivity contribution in [3.63, 3.8) is 0 Å². The Bertz CT molecular complexity index is 437. The maximum atomic E-state index is 7.38. The van der Waals surface area contributed by atoms with E-state index in [0.29, 0.717) is 23.9 Å². The van der Waals surface area contributed by atoms with Crippen molar-refractivity contribution in [3.8, 4) is 0 Å². The molecule has 2 saturated heterocycles. The molecule has 0 amide bonds. The van der Waals surface area contributed by atoms with Crippen molar-refractivity contribution in [3.05, 3.63) is 18.0 Å². The van der Waals surface area contributed by atoms with Crippen LogP contribution in [0.1, 0.15) is 18.5 Å². The molecule has 17 heavy (non-hydrogen) atoms. The van der Waals surface area contributed by atoms with Gasteiger partial charge in [-0.25, -0.2) is 9.97 Å². The molecule has 0 radical (unpaired) electrons. The zero-order chi connectivity index (χ0) is 11.8. The lowest BCUT2D eigenvalue weighted by atomic mass is 10.2. The van der Waals surface area contributed by atoms with E-state index < -0.39 is 0 Å². The van der Waals surface area contributed by atoms with Crippen LogP contribution in [0, 0.1) is 5.41 Å². The van der Waals surface area contributed by atoms with Gasteiger partial charge in [0.15, 0.2) is 0 Å². The third kappa shape index (κ3) is 1.95. The monoisotopic (exact) mass is 233 g/mol. The Balaban J connectivity index is 1.84. The molecule has 3 heterocycles. The molecule has 0 aromatic carbocycles. The summed E-state index contributed by atoms with van der Waals surface area (Å²) < 4.78 is 5.76. The summed E-state index contributed by atoms with van der Waals surface area (Å²) >= 11 is 0. The van der Waals surface area contributed by atoms with Crippen molar-refractivity contribution < 1.29 is 4.74 Å². The summed E-state index contributed by atoms with van der Waals surface area (Å²) in [4.78, 5) is 10.7. The van der Waals surface area contributed by atoms with Crippen molar-refractivity contribution in [1.29, 1.82) is 5.41 Å². The third-order valence-corrected chi connectivity index (χ3v) is 3.25. The lowest BCUT2D eigenvalue weighted by molar-refractivity contribution is 0.0299. The van der Waals surface area contributed by atoms with Crippen LogP contribution in [0.5, 0.6) is 0 Å². The number of aromatic nitrogens is 2. The fraction of sp³-hybridized carbons (Fsp3) is 0.545. The van der Waals surface area contributed by atoms with Gasteiger partial charge in [0.05, 0.1) is 12.2 Å². The van der Waals surface area contributed by atoms with Crippen molar-refractivity contribution >= 4 is 11.8 Å². The van der Waals surface area contributed by atoms with Crippen LogP contribution >= 0.6 is 0 Å². The van der Waals surface area contributed by atoms with Gasteiger partial charge in [0.25, 0.3) is 0 Å². The van der Waals surface area contributed by atoms with Gasteiger partial charge in [-0.05, 0) is 18.9 Å². The fourth-order valence-corrected chi connectivity index (χ4v) is 2.43. The van der Waals surface area contributed by atoms with Gasteiger partial charge in [-0.2, -0.15) is 0 Å². The molecule has 2 unspecified atom stereocenters. The average Bonchev–Trinajstić information content (AvgIpc) is 2.68. The first-order chi connectivity index (χ1) is 8.22. The number of morpholine rings is 1. The molecule has 0 aliphatic carbocycles. The standard InChI is InChI=1S/C11H15N5O/c12-10(13)9-3-4-14-11(15-9)16-5-7-1-2-8(6-16)17-7/h3-4,7-8H,1-2,5-6H2,(H3,12,13). The number of nitrogen functional groups attached to an aromatic ring is 1. The van der Waals surface area contributed by atoms with Gasteiger partial charge in [0.1, 0.15) is 11.5 Å². The Morgan fingerprint density at radius 1 is 1.41 bits per heavy atom. The molecule has 2 bridgehead atoms. The average molecular weight is 233 g/mol. The molecule has 3 rings (SSSR count). The van der Waals surface area contributed by atoms with Crippen LogP contribution < -0.4 is 10.6 Å². The quantitative estimate of drug-likeness (QED) is 0.560. The number of nitrogens with zero attached hydrogens (tertiary/aromatic N) is 3. The highest BCUT2D eigenvalue weighted by Gasteiger charge is 2.34. The first kappa shape index (κ1) is 10.5. The predicted molar refractivity (Wildman–Crippen MR) is 63.2 cm³/mol. The Morgan fingerprint density at radius 2 is 2.12 bits per heavy atom. The van der Waals surface area contributed by atoms with E-state index >= 15 is 0 Å². The van der Waals surface area contributed by atoms with Crippen LogP contribution in [0.3, 0.4) is 0 Å². The summed E-state index contributed by atoms with van der Waals surface area (Å²) in [5, 5.41) is 7.38. The summed E-state index contributed by atoms with van der Waals surface area (Å²) in [6.07, 6.45) is 4.49. The van der Waals surface area contributed by atoms with Crippen LogP contribution in [0.2, 0.25) is 0 Å². The van der Waals surface area contributed by atoms with Gasteiger partial charge in [0, 0.05) is 19.3 Å². The van der Waals surface area contributed by atoms with Crippen LogP contribution in [-0.2, 0) is 4.74 Å². The van der Waals surface area contributed by atoms with Gasteiger partial charge < -0.3 is 15.4 Å². The van der Waals surface area contributed by atoms with E-state index in [9.17, 15) is 0 Å². The number of hydrogen-bond acceptors (Lipinski definition) is 5. The molecular formula is C11H15N5O. The molecule has 6 heteroatoms. The molecule has 1 aromatic rings. The maximum absolute atomic E-state index is 7.38. The summed E-state index contributed by atoms with van der Waals surface area (Å²) in [5.41, 5.74) is 5.91. The SMILES string of the molecule is N=C(N)c1ccnc(N2CC3CCC(C2)O3)n1. The largest absolute Gasteiger partial charge is 0.382 e. The summed E-state index contributed by atoms with van der Waals surface area (Å²) in [6, 6.07) is 1.65. The van der Waals surface area contributed by atoms with Crippen molar-refractivity contribution in [2.24, 2.45) is 5.73 Å². The number of amidine groups is 1. The lowest BCUT2D eigenvalue weighted by Gasteiger charge is -2.32. The number of ether oxygens (including phenoxy) is 1. The van der Waals surface area contributed by atoms with E-state index in [2.05, 4.69) is 14.9 Å². The second kappa shape index (κ2) is 3.96. The number of nitrogens with two attached hydrogens (primary N) is 1. The molecule has 0 saturated carbocycles. The van der Waals surface area contributed by atoms with E-state index in [1.165, 1.54) is 0 Å². The molecule has 2 aliphatic heterocycles. The van der Waals surface area contributed by atoms with Crippen LogP contribution in [0.25, 0.3) is 0 Å². The molecule has 2 aliphatic rings. The number of anilines is 1. The number of rotatable bonds is 2. The van der Waals surface area contributed by atoms with E-state index in [1.807, 2.05) is 0 Å². The summed E-state index contributed by atoms with van der Waals surface area (Å²) in [6.45, 7) is 1.66. The second-order valence-corrected chi connectivity index (χ2v) is 4.52. The summed E-state index contributed by atoms with van der Waals surface area (Å²) in [5.74, 6) is 0.628. The zero-order valence-corrected chi connectivity index (χ0v) is 9.47. The van der Waals surface area contributed by atoms with Gasteiger partial charge in [-0.3, -0.25) is 5.41 Å². The molecule has 2 fully saturated rings. The Kier molecular flexibility index (Phi) is 2.44. The zero-order valence-electron chi connectivity index (χ0n) is 9.47. The van der Waals surface area contributed by atoms with Crippen LogP contribution in [-0.4, -0.2) is 41.1 Å². The van der Waals surface area contributed by atoms with E-state index in [-0.39, 0.29) is 5.84 Å². The minimum absolute atomic E-state index is 0.0233. The highest BCUT2D eigenvalue weighted by atomic mass is 16.5. The van der Waals surface area contributed by atoms with E-state index in [1.54, 1.807) is 12.3 Å². The highest BCUT2D eigenvalue weighted by Crippen LogP contribution is 2.27. The smallest absolute Gasteiger partial charge is 0.226 e. The Hall–Kier alpha value is -1.69. The number of nitrogens with one attached hydrogen (secondary N) is 1.